The van der Waals surface area contributed by atoms with Crippen LogP contribution in [0.5, 0.6) is 0 Å². The second kappa shape index (κ2) is 4.85. The molecule has 0 radical (unpaired) electrons. The molecule has 0 aliphatic carbocycles. The zero-order valence-corrected chi connectivity index (χ0v) is 10.2. The van der Waals surface area contributed by atoms with Crippen molar-refractivity contribution in [1.82, 2.24) is 10.0 Å². The molecule has 2 rings (SSSR count). The van der Waals surface area contributed by atoms with Crippen LogP contribution in [-0.4, -0.2) is 37.2 Å². The van der Waals surface area contributed by atoms with Crippen molar-refractivity contribution in [3.8, 4) is 0 Å². The van der Waals surface area contributed by atoms with Crippen LogP contribution in [0.4, 0.5) is 5.69 Å². The molecule has 1 aliphatic heterocycles. The molecule has 1 aliphatic rings. The molecular weight excluding hydrogens is 198 g/mol. The molecule has 0 atom stereocenters. The van der Waals surface area contributed by atoms with Crippen molar-refractivity contribution in [2.75, 3.05) is 32.9 Å². The van der Waals surface area contributed by atoms with E-state index in [0.29, 0.717) is 5.92 Å². The Morgan fingerprint density at radius 3 is 2.19 bits per heavy atom. The van der Waals surface area contributed by atoms with E-state index in [0.717, 1.165) is 18.8 Å². The van der Waals surface area contributed by atoms with Gasteiger partial charge in [-0.1, -0.05) is 12.1 Å². The van der Waals surface area contributed by atoms with Crippen LogP contribution in [0.3, 0.4) is 0 Å². The summed E-state index contributed by atoms with van der Waals surface area (Å²) >= 11 is 0. The fraction of sp³-hybridized carbons (Fsp3) is 0.538. The standard InChI is InChI=1S/C13H21N3/c1-15(2)16-9-7-12(8-10-16)11-3-5-13(14)6-4-11/h3-6,12H,7-10,14H2,1-2H3. The van der Waals surface area contributed by atoms with Crippen molar-refractivity contribution in [2.24, 2.45) is 0 Å². The number of hydrogen-bond acceptors (Lipinski definition) is 3. The molecular formula is C13H21N3. The predicted molar refractivity (Wildman–Crippen MR) is 68.1 cm³/mol. The van der Waals surface area contributed by atoms with Gasteiger partial charge in [0, 0.05) is 32.9 Å². The summed E-state index contributed by atoms with van der Waals surface area (Å²) in [6, 6.07) is 8.36. The van der Waals surface area contributed by atoms with E-state index in [9.17, 15) is 0 Å². The van der Waals surface area contributed by atoms with Crippen LogP contribution in [0.2, 0.25) is 0 Å². The number of nitrogens with zero attached hydrogens (tertiary/aromatic N) is 2. The molecule has 1 heterocycles. The average Bonchev–Trinajstić information content (AvgIpc) is 2.30. The molecule has 88 valence electrons. The maximum atomic E-state index is 5.70. The Bertz CT molecular complexity index is 324. The van der Waals surface area contributed by atoms with E-state index in [1.165, 1.54) is 18.4 Å². The van der Waals surface area contributed by atoms with E-state index in [2.05, 4.69) is 36.2 Å². The van der Waals surface area contributed by atoms with Gasteiger partial charge in [0.2, 0.25) is 0 Å². The van der Waals surface area contributed by atoms with Crippen LogP contribution >= 0.6 is 0 Å². The van der Waals surface area contributed by atoms with Gasteiger partial charge in [0.05, 0.1) is 0 Å². The minimum atomic E-state index is 0.705. The molecule has 3 nitrogen and oxygen atoms in total. The minimum Gasteiger partial charge on any atom is -0.399 e. The fourth-order valence-electron chi connectivity index (χ4n) is 2.37. The monoisotopic (exact) mass is 219 g/mol. The number of anilines is 1. The van der Waals surface area contributed by atoms with E-state index in [1.54, 1.807) is 0 Å². The van der Waals surface area contributed by atoms with E-state index in [4.69, 9.17) is 5.73 Å². The van der Waals surface area contributed by atoms with Gasteiger partial charge in [-0.15, -0.1) is 0 Å². The number of piperidine rings is 1. The zero-order valence-electron chi connectivity index (χ0n) is 10.2. The summed E-state index contributed by atoms with van der Waals surface area (Å²) in [6.45, 7) is 2.31. The van der Waals surface area contributed by atoms with E-state index in [-0.39, 0.29) is 0 Å². The quantitative estimate of drug-likeness (QED) is 0.771. The lowest BCUT2D eigenvalue weighted by molar-refractivity contribution is 0.00232. The van der Waals surface area contributed by atoms with Crippen molar-refractivity contribution in [3.63, 3.8) is 0 Å². The maximum absolute atomic E-state index is 5.70. The van der Waals surface area contributed by atoms with Gasteiger partial charge in [-0.3, -0.25) is 0 Å². The van der Waals surface area contributed by atoms with Crippen LogP contribution in [0.25, 0.3) is 0 Å². The molecule has 2 N–H and O–H groups in total. The molecule has 3 heteroatoms. The Balaban J connectivity index is 1.96. The highest BCUT2D eigenvalue weighted by Gasteiger charge is 2.21. The van der Waals surface area contributed by atoms with Crippen molar-refractivity contribution in [3.05, 3.63) is 29.8 Å². The lowest BCUT2D eigenvalue weighted by Crippen LogP contribution is -2.42. The molecule has 0 bridgehead atoms. The van der Waals surface area contributed by atoms with Gasteiger partial charge >= 0.3 is 0 Å². The average molecular weight is 219 g/mol. The number of nitrogens with two attached hydrogens (primary N) is 1. The molecule has 0 aromatic heterocycles. The molecule has 1 aromatic carbocycles. The molecule has 1 fully saturated rings. The maximum Gasteiger partial charge on any atom is 0.0314 e. The first-order valence-corrected chi connectivity index (χ1v) is 5.94. The van der Waals surface area contributed by atoms with Crippen molar-refractivity contribution in [2.45, 2.75) is 18.8 Å². The number of nitrogen functional groups attached to an aromatic ring is 1. The topological polar surface area (TPSA) is 32.5 Å². The van der Waals surface area contributed by atoms with Crippen molar-refractivity contribution in [1.29, 1.82) is 0 Å². The van der Waals surface area contributed by atoms with E-state index < -0.39 is 0 Å². The highest BCUT2D eigenvalue weighted by Crippen LogP contribution is 2.28. The Kier molecular flexibility index (Phi) is 3.46. The van der Waals surface area contributed by atoms with Gasteiger partial charge in [0.25, 0.3) is 0 Å². The molecule has 16 heavy (non-hydrogen) atoms. The van der Waals surface area contributed by atoms with Gasteiger partial charge in [0.1, 0.15) is 0 Å². The smallest absolute Gasteiger partial charge is 0.0314 e. The third-order valence-electron chi connectivity index (χ3n) is 3.44. The number of hydrazine groups is 1. The molecule has 0 amide bonds. The highest BCUT2D eigenvalue weighted by molar-refractivity contribution is 5.40. The lowest BCUT2D eigenvalue weighted by Gasteiger charge is -2.36. The van der Waals surface area contributed by atoms with Gasteiger partial charge < -0.3 is 5.73 Å². The second-order valence-corrected chi connectivity index (χ2v) is 4.74. The molecule has 1 saturated heterocycles. The fourth-order valence-corrected chi connectivity index (χ4v) is 2.37. The molecule has 1 aromatic rings. The molecule has 0 saturated carbocycles. The van der Waals surface area contributed by atoms with Crippen LogP contribution in [0, 0.1) is 0 Å². The summed E-state index contributed by atoms with van der Waals surface area (Å²) < 4.78 is 0. The van der Waals surface area contributed by atoms with Gasteiger partial charge in [-0.25, -0.2) is 10.0 Å². The zero-order chi connectivity index (χ0) is 11.5. The van der Waals surface area contributed by atoms with E-state index >= 15 is 0 Å². The third-order valence-corrected chi connectivity index (χ3v) is 3.44. The first-order chi connectivity index (χ1) is 7.66. The van der Waals surface area contributed by atoms with Crippen LogP contribution in [-0.2, 0) is 0 Å². The van der Waals surface area contributed by atoms with Gasteiger partial charge in [-0.2, -0.15) is 0 Å². The predicted octanol–water partition coefficient (Wildman–Crippen LogP) is 1.92. The normalized spacial score (nSPS) is 19.2. The Labute approximate surface area is 97.8 Å². The first kappa shape index (κ1) is 11.4. The summed E-state index contributed by atoms with van der Waals surface area (Å²) in [4.78, 5) is 0. The van der Waals surface area contributed by atoms with Crippen molar-refractivity contribution >= 4 is 5.69 Å². The van der Waals surface area contributed by atoms with Crippen LogP contribution < -0.4 is 5.73 Å². The number of benzene rings is 1. The highest BCUT2D eigenvalue weighted by atomic mass is 15.6. The van der Waals surface area contributed by atoms with Crippen LogP contribution in [0.15, 0.2) is 24.3 Å². The largest absolute Gasteiger partial charge is 0.399 e. The number of rotatable bonds is 2. The minimum absolute atomic E-state index is 0.705. The summed E-state index contributed by atoms with van der Waals surface area (Å²) in [7, 11) is 4.23. The third kappa shape index (κ3) is 2.54. The second-order valence-electron chi connectivity index (χ2n) is 4.74. The summed E-state index contributed by atoms with van der Waals surface area (Å²) in [5.41, 5.74) is 8.00. The first-order valence-electron chi connectivity index (χ1n) is 5.94. The lowest BCUT2D eigenvalue weighted by atomic mass is 9.90. The van der Waals surface area contributed by atoms with Gasteiger partial charge in [-0.05, 0) is 36.5 Å². The molecule has 0 spiro atoms. The van der Waals surface area contributed by atoms with E-state index in [1.807, 2.05) is 12.1 Å². The SMILES string of the molecule is CN(C)N1CCC(c2ccc(N)cc2)CC1. The summed E-state index contributed by atoms with van der Waals surface area (Å²) in [6.07, 6.45) is 2.48. The Hall–Kier alpha value is -1.06. The Morgan fingerprint density at radius 2 is 1.69 bits per heavy atom. The Morgan fingerprint density at radius 1 is 1.12 bits per heavy atom. The number of hydrogen-bond donors (Lipinski definition) is 1. The summed E-state index contributed by atoms with van der Waals surface area (Å²) in [5.74, 6) is 0.705. The van der Waals surface area contributed by atoms with Crippen molar-refractivity contribution < 1.29 is 0 Å². The molecule has 0 unspecified atom stereocenters. The summed E-state index contributed by atoms with van der Waals surface area (Å²) in [5, 5.41) is 4.59. The van der Waals surface area contributed by atoms with Crippen LogP contribution in [0.1, 0.15) is 24.3 Å². The van der Waals surface area contributed by atoms with Gasteiger partial charge in [0.15, 0.2) is 0 Å².